The van der Waals surface area contributed by atoms with Gasteiger partial charge in [0.1, 0.15) is 0 Å². The molecule has 0 radical (unpaired) electrons. The Labute approximate surface area is 144 Å². The average Bonchev–Trinajstić information content (AvgIpc) is 2.97. The van der Waals surface area contributed by atoms with E-state index in [9.17, 15) is 0 Å². The van der Waals surface area contributed by atoms with E-state index in [1.54, 1.807) is 0 Å². The normalized spacial score (nSPS) is 17.3. The SMILES string of the molecule is Cc1ccc(C2CCN(C(=S)Nc3cc(C)cc(C)c3)C2)cc1. The molecule has 3 rings (SSSR count). The third-order valence-corrected chi connectivity index (χ3v) is 4.86. The van der Waals surface area contributed by atoms with Crippen LogP contribution in [-0.2, 0) is 0 Å². The predicted octanol–water partition coefficient (Wildman–Crippen LogP) is 4.80. The standard InChI is InChI=1S/C20H24N2S/c1-14-4-6-17(7-5-14)18-8-9-22(13-18)20(23)21-19-11-15(2)10-16(3)12-19/h4-7,10-12,18H,8-9,13H2,1-3H3,(H,21,23). The third-order valence-electron chi connectivity index (χ3n) is 4.50. The van der Waals surface area contributed by atoms with E-state index in [2.05, 4.69) is 73.5 Å². The van der Waals surface area contributed by atoms with Crippen molar-refractivity contribution in [3.8, 4) is 0 Å². The number of aryl methyl sites for hydroxylation is 3. The fourth-order valence-corrected chi connectivity index (χ4v) is 3.59. The van der Waals surface area contributed by atoms with Gasteiger partial charge in [-0.3, -0.25) is 0 Å². The lowest BCUT2D eigenvalue weighted by Crippen LogP contribution is -2.32. The summed E-state index contributed by atoms with van der Waals surface area (Å²) in [5.41, 5.74) is 6.35. The van der Waals surface area contributed by atoms with Crippen LogP contribution >= 0.6 is 12.2 Å². The Hall–Kier alpha value is -1.87. The molecule has 1 N–H and O–H groups in total. The van der Waals surface area contributed by atoms with Gasteiger partial charge in [0.25, 0.3) is 0 Å². The topological polar surface area (TPSA) is 15.3 Å². The molecule has 0 spiro atoms. The van der Waals surface area contributed by atoms with Gasteiger partial charge in [-0.2, -0.15) is 0 Å². The molecule has 0 aromatic heterocycles. The first-order valence-corrected chi connectivity index (χ1v) is 8.63. The van der Waals surface area contributed by atoms with Gasteiger partial charge in [-0.25, -0.2) is 0 Å². The maximum atomic E-state index is 5.62. The minimum absolute atomic E-state index is 0.578. The van der Waals surface area contributed by atoms with Crippen LogP contribution in [0.1, 0.15) is 34.6 Å². The summed E-state index contributed by atoms with van der Waals surface area (Å²) in [5.74, 6) is 0.578. The molecular weight excluding hydrogens is 300 g/mol. The maximum absolute atomic E-state index is 5.62. The molecule has 1 heterocycles. The zero-order chi connectivity index (χ0) is 16.4. The quantitative estimate of drug-likeness (QED) is 0.799. The predicted molar refractivity (Wildman–Crippen MR) is 102 cm³/mol. The van der Waals surface area contributed by atoms with Gasteiger partial charge in [-0.15, -0.1) is 0 Å². The summed E-state index contributed by atoms with van der Waals surface area (Å²) in [6.07, 6.45) is 1.16. The second-order valence-electron chi connectivity index (χ2n) is 6.65. The Balaban J connectivity index is 1.64. The van der Waals surface area contributed by atoms with Crippen LogP contribution in [0.15, 0.2) is 42.5 Å². The Morgan fingerprint density at radius 3 is 2.30 bits per heavy atom. The summed E-state index contributed by atoms with van der Waals surface area (Å²) in [4.78, 5) is 2.29. The highest BCUT2D eigenvalue weighted by Gasteiger charge is 2.25. The molecular formula is C20H24N2S. The fourth-order valence-electron chi connectivity index (χ4n) is 3.30. The minimum Gasteiger partial charge on any atom is -0.348 e. The first-order chi connectivity index (χ1) is 11.0. The molecule has 1 aliphatic rings. The second kappa shape index (κ2) is 6.71. The molecule has 0 saturated carbocycles. The molecule has 3 heteroatoms. The van der Waals surface area contributed by atoms with Gasteiger partial charge < -0.3 is 10.2 Å². The van der Waals surface area contributed by atoms with E-state index in [1.807, 2.05) is 0 Å². The van der Waals surface area contributed by atoms with Crippen molar-refractivity contribution in [3.63, 3.8) is 0 Å². The molecule has 23 heavy (non-hydrogen) atoms. The van der Waals surface area contributed by atoms with Crippen molar-refractivity contribution in [1.29, 1.82) is 0 Å². The van der Waals surface area contributed by atoms with Crippen molar-refractivity contribution in [2.24, 2.45) is 0 Å². The molecule has 1 atom stereocenters. The first-order valence-electron chi connectivity index (χ1n) is 8.22. The number of thiocarbonyl (C=S) groups is 1. The number of nitrogens with zero attached hydrogens (tertiary/aromatic N) is 1. The van der Waals surface area contributed by atoms with Gasteiger partial charge in [-0.05, 0) is 68.2 Å². The molecule has 0 amide bonds. The largest absolute Gasteiger partial charge is 0.348 e. The summed E-state index contributed by atoms with van der Waals surface area (Å²) in [6.45, 7) is 8.39. The van der Waals surface area contributed by atoms with Gasteiger partial charge in [0, 0.05) is 24.7 Å². The second-order valence-corrected chi connectivity index (χ2v) is 7.04. The molecule has 1 fully saturated rings. The Morgan fingerprint density at radius 2 is 1.65 bits per heavy atom. The van der Waals surface area contributed by atoms with Crippen LogP contribution in [0.5, 0.6) is 0 Å². The van der Waals surface area contributed by atoms with Gasteiger partial charge in [-0.1, -0.05) is 35.9 Å². The van der Waals surface area contributed by atoms with Crippen LogP contribution in [0.3, 0.4) is 0 Å². The number of likely N-dealkylation sites (tertiary alicyclic amines) is 1. The lowest BCUT2D eigenvalue weighted by Gasteiger charge is -2.21. The highest BCUT2D eigenvalue weighted by molar-refractivity contribution is 7.80. The highest BCUT2D eigenvalue weighted by atomic mass is 32.1. The number of anilines is 1. The van der Waals surface area contributed by atoms with Crippen molar-refractivity contribution in [3.05, 3.63) is 64.7 Å². The van der Waals surface area contributed by atoms with Crippen molar-refractivity contribution >= 4 is 23.0 Å². The third kappa shape index (κ3) is 3.91. The Kier molecular flexibility index (Phi) is 4.67. The molecule has 2 nitrogen and oxygen atoms in total. The highest BCUT2D eigenvalue weighted by Crippen LogP contribution is 2.28. The van der Waals surface area contributed by atoms with Gasteiger partial charge in [0.2, 0.25) is 0 Å². The van der Waals surface area contributed by atoms with Crippen LogP contribution < -0.4 is 5.32 Å². The van der Waals surface area contributed by atoms with Crippen LogP contribution in [0.4, 0.5) is 5.69 Å². The fraction of sp³-hybridized carbons (Fsp3) is 0.350. The van der Waals surface area contributed by atoms with E-state index in [4.69, 9.17) is 12.2 Å². The molecule has 0 bridgehead atoms. The van der Waals surface area contributed by atoms with Crippen LogP contribution in [0, 0.1) is 20.8 Å². The summed E-state index contributed by atoms with van der Waals surface area (Å²) >= 11 is 5.62. The van der Waals surface area contributed by atoms with Crippen LogP contribution in [-0.4, -0.2) is 23.1 Å². The molecule has 2 aromatic carbocycles. The van der Waals surface area contributed by atoms with Gasteiger partial charge in [0.05, 0.1) is 0 Å². The maximum Gasteiger partial charge on any atom is 0.173 e. The van der Waals surface area contributed by atoms with Crippen LogP contribution in [0.2, 0.25) is 0 Å². The van der Waals surface area contributed by atoms with E-state index >= 15 is 0 Å². The number of hydrogen-bond donors (Lipinski definition) is 1. The van der Waals surface area contributed by atoms with E-state index in [0.29, 0.717) is 5.92 Å². The zero-order valence-electron chi connectivity index (χ0n) is 14.1. The summed E-state index contributed by atoms with van der Waals surface area (Å²) < 4.78 is 0. The average molecular weight is 324 g/mol. The van der Waals surface area contributed by atoms with Crippen molar-refractivity contribution in [1.82, 2.24) is 4.90 Å². The molecule has 1 aliphatic heterocycles. The lowest BCUT2D eigenvalue weighted by molar-refractivity contribution is 0.518. The van der Waals surface area contributed by atoms with E-state index in [-0.39, 0.29) is 0 Å². The van der Waals surface area contributed by atoms with Crippen molar-refractivity contribution in [2.45, 2.75) is 33.1 Å². The van der Waals surface area contributed by atoms with E-state index in [0.717, 1.165) is 30.3 Å². The van der Waals surface area contributed by atoms with Gasteiger partial charge in [0.15, 0.2) is 5.11 Å². The monoisotopic (exact) mass is 324 g/mol. The molecule has 1 saturated heterocycles. The Bertz CT molecular complexity index is 686. The number of nitrogens with one attached hydrogen (secondary N) is 1. The summed E-state index contributed by atoms with van der Waals surface area (Å²) in [5, 5.41) is 4.24. The molecule has 2 aromatic rings. The smallest absolute Gasteiger partial charge is 0.173 e. The van der Waals surface area contributed by atoms with E-state index < -0.39 is 0 Å². The Morgan fingerprint density at radius 1 is 1.00 bits per heavy atom. The first kappa shape index (κ1) is 16.0. The molecule has 0 aliphatic carbocycles. The minimum atomic E-state index is 0.578. The lowest BCUT2D eigenvalue weighted by atomic mass is 9.98. The summed E-state index contributed by atoms with van der Waals surface area (Å²) in [6, 6.07) is 15.4. The van der Waals surface area contributed by atoms with Crippen molar-refractivity contribution in [2.75, 3.05) is 18.4 Å². The van der Waals surface area contributed by atoms with E-state index in [1.165, 1.54) is 22.3 Å². The number of benzene rings is 2. The van der Waals surface area contributed by atoms with Crippen LogP contribution in [0.25, 0.3) is 0 Å². The van der Waals surface area contributed by atoms with Crippen molar-refractivity contribution < 1.29 is 0 Å². The zero-order valence-corrected chi connectivity index (χ0v) is 14.9. The van der Waals surface area contributed by atoms with Gasteiger partial charge >= 0.3 is 0 Å². The summed E-state index contributed by atoms with van der Waals surface area (Å²) in [7, 11) is 0. The molecule has 120 valence electrons. The number of hydrogen-bond acceptors (Lipinski definition) is 1. The number of rotatable bonds is 2. The molecule has 1 unspecified atom stereocenters.